The number of hydrogen-bond acceptors (Lipinski definition) is 4. The topological polar surface area (TPSA) is 56.7 Å². The van der Waals surface area contributed by atoms with Crippen molar-refractivity contribution >= 4 is 54.5 Å². The number of aromatic nitrogens is 4. The van der Waals surface area contributed by atoms with Crippen molar-refractivity contribution < 1.29 is 24.5 Å². The first kappa shape index (κ1) is 38.9. The van der Waals surface area contributed by atoms with E-state index >= 15 is 0 Å². The Labute approximate surface area is 353 Å². The van der Waals surface area contributed by atoms with Crippen LogP contribution in [0, 0.1) is 32.9 Å². The van der Waals surface area contributed by atoms with Crippen LogP contribution in [0.5, 0.6) is 0 Å². The van der Waals surface area contributed by atoms with Gasteiger partial charge >= 0.3 is 0 Å². The average molecular weight is 933 g/mol. The second-order valence-electron chi connectivity index (χ2n) is 15.6. The first-order valence-corrected chi connectivity index (χ1v) is 19.7. The monoisotopic (exact) mass is 933 g/mol. The summed E-state index contributed by atoms with van der Waals surface area (Å²) in [5, 5.41) is 7.05. The molecule has 58 heavy (non-hydrogen) atoms. The largest absolute Gasteiger partial charge is 0.501 e. The molecule has 0 aliphatic carbocycles. The van der Waals surface area contributed by atoms with Crippen molar-refractivity contribution in [3.05, 3.63) is 168 Å². The third-order valence-electron chi connectivity index (χ3n) is 11.1. The molecule has 10 rings (SSSR count). The summed E-state index contributed by atoms with van der Waals surface area (Å²) in [5.41, 5.74) is 12.7. The molecule has 0 aliphatic rings. The summed E-state index contributed by atoms with van der Waals surface area (Å²) in [6.07, 6.45) is 1.85. The Hall–Kier alpha value is -5.94. The van der Waals surface area contributed by atoms with Gasteiger partial charge in [-0.3, -0.25) is 15.0 Å². The third kappa shape index (κ3) is 6.91. The van der Waals surface area contributed by atoms with Crippen LogP contribution >= 0.6 is 0 Å². The van der Waals surface area contributed by atoms with Crippen LogP contribution in [0.15, 0.2) is 132 Å². The van der Waals surface area contributed by atoms with Gasteiger partial charge in [-0.05, 0) is 88.2 Å². The quantitative estimate of drug-likeness (QED) is 0.127. The van der Waals surface area contributed by atoms with Crippen LogP contribution in [0.25, 0.3) is 83.0 Å². The van der Waals surface area contributed by atoms with Gasteiger partial charge in [0.05, 0.1) is 28.3 Å². The molecule has 0 unspecified atom stereocenters. The molecule has 0 saturated carbocycles. The molecule has 289 valence electrons. The molecule has 0 spiro atoms. The number of nitrogens with zero attached hydrogens (tertiary/aromatic N) is 4. The van der Waals surface area contributed by atoms with Crippen molar-refractivity contribution in [3.63, 3.8) is 0 Å². The van der Waals surface area contributed by atoms with Gasteiger partial charge in [0.1, 0.15) is 5.58 Å². The molecule has 0 aliphatic heterocycles. The molecule has 0 amide bonds. The molecular weight excluding hydrogens is 889 g/mol. The van der Waals surface area contributed by atoms with Crippen molar-refractivity contribution in [2.24, 2.45) is 0 Å². The predicted octanol–water partition coefficient (Wildman–Crippen LogP) is 13.8. The van der Waals surface area contributed by atoms with Gasteiger partial charge in [0, 0.05) is 43.1 Å². The van der Waals surface area contributed by atoms with Crippen molar-refractivity contribution in [2.75, 3.05) is 0 Å². The van der Waals surface area contributed by atoms with Gasteiger partial charge < -0.3 is 8.98 Å². The van der Waals surface area contributed by atoms with Crippen molar-refractivity contribution in [1.29, 1.82) is 0 Å². The molecular formula is C52H44IrN4O-2. The summed E-state index contributed by atoms with van der Waals surface area (Å²) in [6, 6.07) is 49.4. The molecule has 7 aromatic carbocycles. The van der Waals surface area contributed by atoms with Gasteiger partial charge in [0.25, 0.3) is 0 Å². The second-order valence-corrected chi connectivity index (χ2v) is 15.6. The predicted molar refractivity (Wildman–Crippen MR) is 236 cm³/mol. The Morgan fingerprint density at radius 3 is 2.14 bits per heavy atom. The van der Waals surface area contributed by atoms with Crippen LogP contribution in [0.2, 0.25) is 0 Å². The maximum Gasteiger partial charge on any atom is 0.121 e. The molecule has 3 heterocycles. The van der Waals surface area contributed by atoms with E-state index in [2.05, 4.69) is 151 Å². The summed E-state index contributed by atoms with van der Waals surface area (Å²) in [6.45, 7) is 15.1. The third-order valence-corrected chi connectivity index (χ3v) is 11.1. The van der Waals surface area contributed by atoms with Crippen LogP contribution in [0.1, 0.15) is 67.5 Å². The first-order valence-electron chi connectivity index (χ1n) is 19.7. The number of para-hydroxylation sites is 3. The van der Waals surface area contributed by atoms with Crippen molar-refractivity contribution in [1.82, 2.24) is 19.5 Å². The van der Waals surface area contributed by atoms with Crippen LogP contribution in [-0.2, 0) is 20.1 Å². The standard InChI is InChI=1S/C39H31N2O.C13H13N2.Ir/c1-23(2)27-13-9-14-28(24(3)4)37(27)41-35-18-8-7-17-34(35)40-39(41)31-16-10-15-30-33-21-26-20-19-25-11-5-6-12-29(25)32(26)22-36(33)42-38(30)31;1-9-4-6-12(7-5-9)13-14-8-10(2)11(3)15-13;/h5-15,17-24H,1-4H3;4-6,8H,1-3H3;/q2*-1;. The van der Waals surface area contributed by atoms with E-state index in [1.54, 1.807) is 0 Å². The minimum Gasteiger partial charge on any atom is -0.501 e. The number of furan rings is 1. The molecule has 3 aromatic heterocycles. The Morgan fingerprint density at radius 2 is 1.40 bits per heavy atom. The Bertz CT molecular complexity index is 3090. The number of hydrogen-bond donors (Lipinski definition) is 0. The molecule has 0 fully saturated rings. The fourth-order valence-corrected chi connectivity index (χ4v) is 7.90. The fraction of sp³-hybridized carbons (Fsp3) is 0.173. The van der Waals surface area contributed by atoms with Gasteiger partial charge in [-0.2, -0.15) is 0 Å². The zero-order chi connectivity index (χ0) is 39.4. The summed E-state index contributed by atoms with van der Waals surface area (Å²) >= 11 is 0. The second kappa shape index (κ2) is 15.8. The number of imidazole rings is 1. The van der Waals surface area contributed by atoms with Crippen molar-refractivity contribution in [2.45, 2.75) is 60.3 Å². The molecule has 0 N–H and O–H groups in total. The molecule has 0 atom stereocenters. The number of fused-ring (bicyclic) bond motifs is 7. The van der Waals surface area contributed by atoms with Crippen LogP contribution in [0.4, 0.5) is 0 Å². The van der Waals surface area contributed by atoms with Crippen LogP contribution in [0.3, 0.4) is 0 Å². The molecule has 6 heteroatoms. The van der Waals surface area contributed by atoms with Gasteiger partial charge in [0.2, 0.25) is 0 Å². The summed E-state index contributed by atoms with van der Waals surface area (Å²) in [7, 11) is 0. The van der Waals surface area contributed by atoms with E-state index < -0.39 is 0 Å². The number of aryl methyl sites for hydroxylation is 3. The molecule has 0 saturated heterocycles. The van der Waals surface area contributed by atoms with Gasteiger partial charge in [0.15, 0.2) is 0 Å². The van der Waals surface area contributed by atoms with Crippen LogP contribution < -0.4 is 0 Å². The fourth-order valence-electron chi connectivity index (χ4n) is 7.90. The molecule has 0 bridgehead atoms. The average Bonchev–Trinajstić information content (AvgIpc) is 3.79. The zero-order valence-corrected chi connectivity index (χ0v) is 36.2. The number of benzene rings is 7. The number of rotatable bonds is 5. The normalized spacial score (nSPS) is 11.5. The van der Waals surface area contributed by atoms with Crippen molar-refractivity contribution in [3.8, 4) is 28.5 Å². The van der Waals surface area contributed by atoms with Crippen LogP contribution in [-0.4, -0.2) is 19.5 Å². The maximum atomic E-state index is 6.75. The Morgan fingerprint density at radius 1 is 0.655 bits per heavy atom. The molecule has 1 radical (unpaired) electrons. The van der Waals surface area contributed by atoms with E-state index in [-0.39, 0.29) is 20.1 Å². The Balaban J connectivity index is 0.000000248. The zero-order valence-electron chi connectivity index (χ0n) is 33.8. The van der Waals surface area contributed by atoms with Gasteiger partial charge in [-0.15, -0.1) is 53.6 Å². The molecule has 5 nitrogen and oxygen atoms in total. The smallest absolute Gasteiger partial charge is 0.121 e. The van der Waals surface area contributed by atoms with E-state index in [0.29, 0.717) is 11.8 Å². The first-order chi connectivity index (χ1) is 27.7. The van der Waals surface area contributed by atoms with Gasteiger partial charge in [-0.25, -0.2) is 0 Å². The minimum atomic E-state index is 0. The van der Waals surface area contributed by atoms with E-state index in [9.17, 15) is 0 Å². The van der Waals surface area contributed by atoms with E-state index in [4.69, 9.17) is 9.40 Å². The van der Waals surface area contributed by atoms with E-state index in [0.717, 1.165) is 67.0 Å². The Kier molecular flexibility index (Phi) is 10.6. The SMILES string of the molecule is CC(C)c1cccc(C(C)C)c1-n1c(-c2[c-]ccc3c2oc2cc4c(ccc5ccccc54)cc23)nc2ccccc21.Cc1c[c-]c(-c2ncc(C)c(C)n2)cc1.[Ir]. The summed E-state index contributed by atoms with van der Waals surface area (Å²) in [5.74, 6) is 2.30. The van der Waals surface area contributed by atoms with E-state index in [1.165, 1.54) is 43.9 Å². The van der Waals surface area contributed by atoms with Gasteiger partial charge in [-0.1, -0.05) is 112 Å². The minimum absolute atomic E-state index is 0. The molecule has 10 aromatic rings. The van der Waals surface area contributed by atoms with E-state index in [1.807, 2.05) is 51.2 Å². The maximum absolute atomic E-state index is 6.75. The summed E-state index contributed by atoms with van der Waals surface area (Å²) < 4.78 is 9.10. The summed E-state index contributed by atoms with van der Waals surface area (Å²) in [4.78, 5) is 14.0.